The molecule has 112 valence electrons. The van der Waals surface area contributed by atoms with Crippen molar-refractivity contribution >= 4 is 11.6 Å². The standard InChI is InChI=1S/C16H26ClN3/c1-12-4-5-13(16(17)8-12)9-14(18)10-15-11-19(2)6-7-20(15)3/h4-5,8,14-15H,6-7,9-11,18H2,1-3H3. The molecule has 2 N–H and O–H groups in total. The second kappa shape index (κ2) is 6.90. The monoisotopic (exact) mass is 295 g/mol. The van der Waals surface area contributed by atoms with E-state index in [1.54, 1.807) is 0 Å². The molecule has 1 aliphatic heterocycles. The van der Waals surface area contributed by atoms with Gasteiger partial charge in [-0.1, -0.05) is 23.7 Å². The molecule has 2 atom stereocenters. The largest absolute Gasteiger partial charge is 0.327 e. The second-order valence-electron chi connectivity index (χ2n) is 6.19. The van der Waals surface area contributed by atoms with Gasteiger partial charge in [-0.25, -0.2) is 0 Å². The van der Waals surface area contributed by atoms with Gasteiger partial charge in [-0.2, -0.15) is 0 Å². The Morgan fingerprint density at radius 2 is 2.10 bits per heavy atom. The summed E-state index contributed by atoms with van der Waals surface area (Å²) in [4.78, 5) is 4.81. The molecule has 0 bridgehead atoms. The van der Waals surface area contributed by atoms with Crippen LogP contribution in [0.25, 0.3) is 0 Å². The predicted octanol–water partition coefficient (Wildman–Crippen LogP) is 2.15. The number of aryl methyl sites for hydroxylation is 1. The molecule has 0 amide bonds. The average molecular weight is 296 g/mol. The lowest BCUT2D eigenvalue weighted by Gasteiger charge is -2.38. The fraction of sp³-hybridized carbons (Fsp3) is 0.625. The summed E-state index contributed by atoms with van der Waals surface area (Å²) in [5.41, 5.74) is 8.71. The van der Waals surface area contributed by atoms with Crippen LogP contribution in [0.4, 0.5) is 0 Å². The van der Waals surface area contributed by atoms with E-state index in [2.05, 4.69) is 43.0 Å². The molecule has 0 aliphatic carbocycles. The molecule has 1 saturated heterocycles. The highest BCUT2D eigenvalue weighted by molar-refractivity contribution is 6.31. The molecule has 1 heterocycles. The van der Waals surface area contributed by atoms with E-state index in [9.17, 15) is 0 Å². The number of hydrogen-bond acceptors (Lipinski definition) is 3. The van der Waals surface area contributed by atoms with Crippen molar-refractivity contribution < 1.29 is 0 Å². The van der Waals surface area contributed by atoms with Crippen molar-refractivity contribution in [2.24, 2.45) is 5.73 Å². The van der Waals surface area contributed by atoms with Gasteiger partial charge in [-0.3, -0.25) is 0 Å². The Labute approximate surface area is 127 Å². The molecule has 0 saturated carbocycles. The van der Waals surface area contributed by atoms with Crippen molar-refractivity contribution in [3.05, 3.63) is 34.3 Å². The number of likely N-dealkylation sites (N-methyl/N-ethyl adjacent to an activating group) is 2. The normalized spacial score (nSPS) is 22.9. The van der Waals surface area contributed by atoms with Crippen LogP contribution in [0.3, 0.4) is 0 Å². The summed E-state index contributed by atoms with van der Waals surface area (Å²) in [7, 11) is 4.38. The Kier molecular flexibility index (Phi) is 5.44. The summed E-state index contributed by atoms with van der Waals surface area (Å²) in [6.07, 6.45) is 1.87. The molecule has 20 heavy (non-hydrogen) atoms. The van der Waals surface area contributed by atoms with E-state index in [1.165, 1.54) is 5.56 Å². The predicted molar refractivity (Wildman–Crippen MR) is 86.4 cm³/mol. The van der Waals surface area contributed by atoms with Crippen molar-refractivity contribution in [1.29, 1.82) is 0 Å². The summed E-state index contributed by atoms with van der Waals surface area (Å²) in [6, 6.07) is 6.94. The van der Waals surface area contributed by atoms with Gasteiger partial charge >= 0.3 is 0 Å². The van der Waals surface area contributed by atoms with Crippen LogP contribution in [0.1, 0.15) is 17.5 Å². The van der Waals surface area contributed by atoms with Crippen LogP contribution >= 0.6 is 11.6 Å². The van der Waals surface area contributed by atoms with Crippen LogP contribution in [0.5, 0.6) is 0 Å². The van der Waals surface area contributed by atoms with Gasteiger partial charge in [0.1, 0.15) is 0 Å². The maximum absolute atomic E-state index is 6.35. The lowest BCUT2D eigenvalue weighted by molar-refractivity contribution is 0.104. The van der Waals surface area contributed by atoms with Gasteiger partial charge in [0.05, 0.1) is 0 Å². The van der Waals surface area contributed by atoms with E-state index >= 15 is 0 Å². The third kappa shape index (κ3) is 4.19. The van der Waals surface area contributed by atoms with Crippen LogP contribution in [0.2, 0.25) is 5.02 Å². The van der Waals surface area contributed by atoms with Crippen molar-refractivity contribution in [1.82, 2.24) is 9.80 Å². The van der Waals surface area contributed by atoms with E-state index in [0.29, 0.717) is 6.04 Å². The molecule has 3 nitrogen and oxygen atoms in total. The molecule has 1 fully saturated rings. The van der Waals surface area contributed by atoms with Crippen molar-refractivity contribution in [2.75, 3.05) is 33.7 Å². The summed E-state index contributed by atoms with van der Waals surface area (Å²) >= 11 is 6.29. The maximum atomic E-state index is 6.35. The Hall–Kier alpha value is -0.610. The number of piperazine rings is 1. The van der Waals surface area contributed by atoms with Crippen LogP contribution < -0.4 is 5.73 Å². The van der Waals surface area contributed by atoms with Gasteiger partial charge in [0.15, 0.2) is 0 Å². The van der Waals surface area contributed by atoms with Crippen molar-refractivity contribution in [2.45, 2.75) is 31.8 Å². The minimum absolute atomic E-state index is 0.161. The van der Waals surface area contributed by atoms with Gasteiger partial charge in [0, 0.05) is 36.7 Å². The second-order valence-corrected chi connectivity index (χ2v) is 6.60. The Balaban J connectivity index is 1.93. The van der Waals surface area contributed by atoms with E-state index < -0.39 is 0 Å². The van der Waals surface area contributed by atoms with Crippen LogP contribution in [-0.2, 0) is 6.42 Å². The van der Waals surface area contributed by atoms with E-state index in [4.69, 9.17) is 17.3 Å². The molecule has 0 radical (unpaired) electrons. The number of nitrogens with two attached hydrogens (primary N) is 1. The van der Waals surface area contributed by atoms with Gasteiger partial charge in [0.25, 0.3) is 0 Å². The zero-order chi connectivity index (χ0) is 14.7. The maximum Gasteiger partial charge on any atom is 0.0441 e. The number of benzene rings is 1. The molecular weight excluding hydrogens is 270 g/mol. The topological polar surface area (TPSA) is 32.5 Å². The number of nitrogens with zero attached hydrogens (tertiary/aromatic N) is 2. The zero-order valence-corrected chi connectivity index (χ0v) is 13.5. The van der Waals surface area contributed by atoms with E-state index in [0.717, 1.165) is 43.1 Å². The summed E-state index contributed by atoms with van der Waals surface area (Å²) in [6.45, 7) is 5.43. The van der Waals surface area contributed by atoms with Crippen LogP contribution in [0.15, 0.2) is 18.2 Å². The Morgan fingerprint density at radius 3 is 2.80 bits per heavy atom. The zero-order valence-electron chi connectivity index (χ0n) is 12.8. The molecule has 0 spiro atoms. The third-order valence-corrected chi connectivity index (χ3v) is 4.60. The third-order valence-electron chi connectivity index (χ3n) is 4.25. The highest BCUT2D eigenvalue weighted by Crippen LogP contribution is 2.20. The number of rotatable bonds is 4. The Bertz CT molecular complexity index is 449. The van der Waals surface area contributed by atoms with Gasteiger partial charge < -0.3 is 15.5 Å². The molecule has 0 aromatic heterocycles. The van der Waals surface area contributed by atoms with Crippen LogP contribution in [0, 0.1) is 6.92 Å². The fourth-order valence-electron chi connectivity index (χ4n) is 2.89. The summed E-state index contributed by atoms with van der Waals surface area (Å²) in [5.74, 6) is 0. The first-order valence-corrected chi connectivity index (χ1v) is 7.73. The molecular formula is C16H26ClN3. The fourth-order valence-corrected chi connectivity index (χ4v) is 3.20. The van der Waals surface area contributed by atoms with Crippen molar-refractivity contribution in [3.63, 3.8) is 0 Å². The molecule has 4 heteroatoms. The van der Waals surface area contributed by atoms with Gasteiger partial charge in [-0.15, -0.1) is 0 Å². The van der Waals surface area contributed by atoms with Gasteiger partial charge in [-0.05, 0) is 51.1 Å². The summed E-state index contributed by atoms with van der Waals surface area (Å²) in [5, 5.41) is 0.842. The quantitative estimate of drug-likeness (QED) is 0.924. The first kappa shape index (κ1) is 15.8. The molecule has 2 rings (SSSR count). The molecule has 2 unspecified atom stereocenters. The summed E-state index contributed by atoms with van der Waals surface area (Å²) < 4.78 is 0. The smallest absolute Gasteiger partial charge is 0.0441 e. The first-order chi connectivity index (χ1) is 9.45. The lowest BCUT2D eigenvalue weighted by atomic mass is 9.97. The highest BCUT2D eigenvalue weighted by atomic mass is 35.5. The highest BCUT2D eigenvalue weighted by Gasteiger charge is 2.24. The molecule has 1 aromatic carbocycles. The van der Waals surface area contributed by atoms with E-state index in [-0.39, 0.29) is 6.04 Å². The number of halogens is 1. The minimum Gasteiger partial charge on any atom is -0.327 e. The SMILES string of the molecule is Cc1ccc(CC(N)CC2CN(C)CCN2C)c(Cl)c1. The molecule has 1 aliphatic rings. The minimum atomic E-state index is 0.161. The average Bonchev–Trinajstić information content (AvgIpc) is 2.37. The molecule has 1 aromatic rings. The van der Waals surface area contributed by atoms with E-state index in [1.807, 2.05) is 6.07 Å². The Morgan fingerprint density at radius 1 is 1.35 bits per heavy atom. The first-order valence-electron chi connectivity index (χ1n) is 7.35. The lowest BCUT2D eigenvalue weighted by Crippen LogP contribution is -2.51. The van der Waals surface area contributed by atoms with Crippen LogP contribution in [-0.4, -0.2) is 55.6 Å². The van der Waals surface area contributed by atoms with Gasteiger partial charge in [0.2, 0.25) is 0 Å². The number of hydrogen-bond donors (Lipinski definition) is 1. The van der Waals surface area contributed by atoms with Crippen molar-refractivity contribution in [3.8, 4) is 0 Å².